The molecule has 0 unspecified atom stereocenters. The minimum atomic E-state index is -6.00. The van der Waals surface area contributed by atoms with Crippen molar-refractivity contribution in [1.29, 1.82) is 0 Å². The Morgan fingerprint density at radius 1 is 1.20 bits per heavy atom. The summed E-state index contributed by atoms with van der Waals surface area (Å²) in [7, 11) is -4.06. The number of aromatic nitrogens is 1. The zero-order valence-corrected chi connectivity index (χ0v) is 8.35. The normalized spacial score (nSPS) is 15.3. The van der Waals surface area contributed by atoms with Crippen LogP contribution in [0.1, 0.15) is 24.2 Å². The van der Waals surface area contributed by atoms with E-state index in [1.807, 2.05) is 7.05 Å². The third-order valence-corrected chi connectivity index (χ3v) is 2.05. The molecule has 0 aliphatic heterocycles. The van der Waals surface area contributed by atoms with E-state index in [0.717, 1.165) is 6.42 Å². The Hall–Kier alpha value is -1.01. The van der Waals surface area contributed by atoms with Gasteiger partial charge in [0, 0.05) is 6.42 Å². The molecule has 0 saturated heterocycles. The second-order valence-electron chi connectivity index (χ2n) is 3.42. The van der Waals surface area contributed by atoms with Gasteiger partial charge in [0.25, 0.3) is 0 Å². The largest absolute Gasteiger partial charge is 0.673 e. The van der Waals surface area contributed by atoms with Gasteiger partial charge in [0.1, 0.15) is 0 Å². The van der Waals surface area contributed by atoms with Gasteiger partial charge in [0.2, 0.25) is 6.20 Å². The fourth-order valence-corrected chi connectivity index (χ4v) is 1.56. The summed E-state index contributed by atoms with van der Waals surface area (Å²) in [6.07, 6.45) is 7.05. The summed E-state index contributed by atoms with van der Waals surface area (Å²) in [4.78, 5) is 0. The smallest absolute Gasteiger partial charge is 0.418 e. The fraction of sp³-hybridized carbons (Fsp3) is 0.625. The molecule has 7 heteroatoms. The van der Waals surface area contributed by atoms with Gasteiger partial charge in [-0.1, -0.05) is 0 Å². The molecule has 0 spiro atoms. The quantitative estimate of drug-likeness (QED) is 0.376. The van der Waals surface area contributed by atoms with Crippen molar-refractivity contribution < 1.29 is 26.5 Å². The summed E-state index contributed by atoms with van der Waals surface area (Å²) >= 11 is 0. The number of halogens is 4. The molecule has 1 aliphatic carbocycles. The maximum absolute atomic E-state index is 9.75. The van der Waals surface area contributed by atoms with Crippen molar-refractivity contribution in [3.8, 4) is 0 Å². The first-order chi connectivity index (χ1) is 6.86. The molecule has 1 aromatic rings. The van der Waals surface area contributed by atoms with Gasteiger partial charge in [-0.25, -0.2) is 4.52 Å². The van der Waals surface area contributed by atoms with Crippen LogP contribution in [0.25, 0.3) is 0 Å². The second-order valence-corrected chi connectivity index (χ2v) is 3.42. The zero-order chi connectivity index (χ0) is 11.5. The van der Waals surface area contributed by atoms with Crippen molar-refractivity contribution in [3.05, 3.63) is 17.5 Å². The van der Waals surface area contributed by atoms with Gasteiger partial charge in [0.05, 0.1) is 5.56 Å². The highest BCUT2D eigenvalue weighted by molar-refractivity contribution is 6.50. The summed E-state index contributed by atoms with van der Waals surface area (Å²) in [6.45, 7) is 0. The first kappa shape index (κ1) is 12.1. The predicted octanol–water partition coefficient (Wildman–Crippen LogP) is 2.28. The lowest BCUT2D eigenvalue weighted by molar-refractivity contribution is -0.846. The molecule has 86 valence electrons. The minimum Gasteiger partial charge on any atom is -0.418 e. The Labute approximate surface area is 84.9 Å². The Morgan fingerprint density at radius 3 is 2.27 bits per heavy atom. The van der Waals surface area contributed by atoms with Gasteiger partial charge >= 0.3 is 7.25 Å². The molecule has 0 amide bonds. The Morgan fingerprint density at radius 2 is 1.73 bits per heavy atom. The fourth-order valence-electron chi connectivity index (χ4n) is 1.56. The number of rotatable bonds is 0. The maximum atomic E-state index is 9.75. The molecular weight excluding hydrogens is 213 g/mol. The number of nitrogens with zero attached hydrogens (tertiary/aromatic N) is 1. The minimum absolute atomic E-state index is 1.14. The van der Waals surface area contributed by atoms with Crippen LogP contribution in [0.2, 0.25) is 0 Å². The first-order valence-corrected chi connectivity index (χ1v) is 4.71. The van der Waals surface area contributed by atoms with Gasteiger partial charge in [-0.15, -0.1) is 0 Å². The van der Waals surface area contributed by atoms with E-state index in [4.69, 9.17) is 4.52 Å². The Kier molecular flexibility index (Phi) is 3.76. The molecule has 0 aromatic carbocycles. The molecule has 1 aromatic heterocycles. The van der Waals surface area contributed by atoms with E-state index in [2.05, 4.69) is 6.20 Å². The molecule has 0 radical (unpaired) electrons. The highest BCUT2D eigenvalue weighted by Gasteiger charge is 2.20. The van der Waals surface area contributed by atoms with E-state index in [1.165, 1.54) is 30.6 Å². The van der Waals surface area contributed by atoms with Gasteiger partial charge in [-0.3, -0.25) is 0 Å². The SMILES string of the molecule is C[n+]1cc2c(o1)CCCC2.F[B-](F)(F)F. The molecule has 0 saturated carbocycles. The second kappa shape index (κ2) is 4.68. The highest BCUT2D eigenvalue weighted by Crippen LogP contribution is 2.18. The molecule has 1 aliphatic rings. The van der Waals surface area contributed by atoms with Crippen molar-refractivity contribution in [2.24, 2.45) is 7.05 Å². The number of fused-ring (bicyclic) bond motifs is 1. The van der Waals surface area contributed by atoms with E-state index in [0.29, 0.717) is 0 Å². The van der Waals surface area contributed by atoms with Crippen LogP contribution in [0.3, 0.4) is 0 Å². The molecular formula is C8H12BF4NO. The lowest BCUT2D eigenvalue weighted by Crippen LogP contribution is -2.22. The van der Waals surface area contributed by atoms with Crippen molar-refractivity contribution in [3.63, 3.8) is 0 Å². The summed E-state index contributed by atoms with van der Waals surface area (Å²) in [5.74, 6) is 1.20. The Balaban J connectivity index is 0.000000195. The van der Waals surface area contributed by atoms with Crippen LogP contribution in [0.5, 0.6) is 0 Å². The monoisotopic (exact) mass is 225 g/mol. The predicted molar refractivity (Wildman–Crippen MR) is 46.7 cm³/mol. The third-order valence-electron chi connectivity index (χ3n) is 2.05. The van der Waals surface area contributed by atoms with Crippen LogP contribution in [-0.2, 0) is 19.9 Å². The lowest BCUT2D eigenvalue weighted by Gasteiger charge is -2.02. The van der Waals surface area contributed by atoms with E-state index in [1.54, 1.807) is 4.74 Å². The van der Waals surface area contributed by atoms with Crippen molar-refractivity contribution in [1.82, 2.24) is 0 Å². The number of aryl methyl sites for hydroxylation is 3. The first-order valence-electron chi connectivity index (χ1n) is 4.71. The summed E-state index contributed by atoms with van der Waals surface area (Å²) < 4.78 is 46.2. The maximum Gasteiger partial charge on any atom is 0.673 e. The van der Waals surface area contributed by atoms with Crippen LogP contribution >= 0.6 is 0 Å². The van der Waals surface area contributed by atoms with E-state index < -0.39 is 7.25 Å². The third kappa shape index (κ3) is 4.85. The van der Waals surface area contributed by atoms with E-state index >= 15 is 0 Å². The van der Waals surface area contributed by atoms with Crippen LogP contribution in [0.4, 0.5) is 17.3 Å². The van der Waals surface area contributed by atoms with Gasteiger partial charge in [-0.05, 0) is 24.0 Å². The molecule has 0 atom stereocenters. The van der Waals surface area contributed by atoms with Gasteiger partial charge in [0.15, 0.2) is 12.8 Å². The van der Waals surface area contributed by atoms with Crippen molar-refractivity contribution in [2.45, 2.75) is 25.7 Å². The van der Waals surface area contributed by atoms with Crippen molar-refractivity contribution in [2.75, 3.05) is 0 Å². The lowest BCUT2D eigenvalue weighted by atomic mass is 9.99. The number of hydrogen-bond acceptors (Lipinski definition) is 1. The van der Waals surface area contributed by atoms with E-state index in [9.17, 15) is 17.3 Å². The van der Waals surface area contributed by atoms with Gasteiger partial charge in [-0.2, -0.15) is 0 Å². The molecule has 1 heterocycles. The molecule has 15 heavy (non-hydrogen) atoms. The summed E-state index contributed by atoms with van der Waals surface area (Å²) in [5.41, 5.74) is 1.41. The van der Waals surface area contributed by atoms with Crippen LogP contribution in [0.15, 0.2) is 10.7 Å². The standard InChI is InChI=1S/C8H12NO.BF4/c1-9-6-7-4-2-3-5-8(7)10-9;2-1(3,4)5/h6H,2-5H2,1H3;/q+1;-1. The van der Waals surface area contributed by atoms with Gasteiger partial charge < -0.3 is 17.3 Å². The molecule has 2 nitrogen and oxygen atoms in total. The van der Waals surface area contributed by atoms with Crippen LogP contribution in [-0.4, -0.2) is 7.25 Å². The Bertz CT molecular complexity index is 293. The average Bonchev–Trinajstić information content (AvgIpc) is 2.40. The van der Waals surface area contributed by atoms with Crippen molar-refractivity contribution >= 4 is 7.25 Å². The van der Waals surface area contributed by atoms with Crippen LogP contribution < -0.4 is 4.74 Å². The topological polar surface area (TPSA) is 17.0 Å². The summed E-state index contributed by atoms with van der Waals surface area (Å²) in [6, 6.07) is 0. The molecule has 0 N–H and O–H groups in total. The zero-order valence-electron chi connectivity index (χ0n) is 8.35. The molecule has 0 bridgehead atoms. The highest BCUT2D eigenvalue weighted by atomic mass is 19.5. The number of hydrogen-bond donors (Lipinski definition) is 0. The average molecular weight is 225 g/mol. The molecule has 0 fully saturated rings. The summed E-state index contributed by atoms with van der Waals surface area (Å²) in [5, 5.41) is 0. The molecule has 2 rings (SSSR count). The van der Waals surface area contributed by atoms with E-state index in [-0.39, 0.29) is 0 Å². The van der Waals surface area contributed by atoms with Crippen LogP contribution in [0, 0.1) is 0 Å².